The molecular formula is C20H21NO4S. The Morgan fingerprint density at radius 1 is 1.12 bits per heavy atom. The van der Waals surface area contributed by atoms with E-state index in [1.165, 1.54) is 4.90 Å². The molecule has 2 aromatic rings. The van der Waals surface area contributed by atoms with Gasteiger partial charge in [-0.2, -0.15) is 0 Å². The SMILES string of the molecule is C[C@@H]1CN(C(=O)c2ccc(CSc3ccccc3)cc2)CC(C(=O)O)O1. The molecule has 0 saturated carbocycles. The summed E-state index contributed by atoms with van der Waals surface area (Å²) in [6.07, 6.45) is -1.26. The van der Waals surface area contributed by atoms with Gasteiger partial charge in [0, 0.05) is 22.8 Å². The number of hydrogen-bond acceptors (Lipinski definition) is 4. The van der Waals surface area contributed by atoms with Crippen molar-refractivity contribution in [3.8, 4) is 0 Å². The van der Waals surface area contributed by atoms with Gasteiger partial charge in [-0.3, -0.25) is 4.79 Å². The minimum absolute atomic E-state index is 0.0735. The zero-order valence-corrected chi connectivity index (χ0v) is 15.3. The average Bonchev–Trinajstić information content (AvgIpc) is 2.66. The smallest absolute Gasteiger partial charge is 0.334 e. The Hall–Kier alpha value is -2.31. The number of carboxylic acids is 1. The van der Waals surface area contributed by atoms with Gasteiger partial charge in [0.15, 0.2) is 6.10 Å². The van der Waals surface area contributed by atoms with Crippen LogP contribution in [0.5, 0.6) is 0 Å². The number of ether oxygens (including phenoxy) is 1. The van der Waals surface area contributed by atoms with Gasteiger partial charge in [-0.25, -0.2) is 4.79 Å². The van der Waals surface area contributed by atoms with Gasteiger partial charge in [0.2, 0.25) is 0 Å². The summed E-state index contributed by atoms with van der Waals surface area (Å²) in [6, 6.07) is 17.7. The molecule has 2 atom stereocenters. The number of morpholine rings is 1. The predicted molar refractivity (Wildman–Crippen MR) is 100 cm³/mol. The zero-order valence-electron chi connectivity index (χ0n) is 14.5. The maximum Gasteiger partial charge on any atom is 0.334 e. The minimum atomic E-state index is -1.04. The van der Waals surface area contributed by atoms with Crippen molar-refractivity contribution in [2.45, 2.75) is 29.8 Å². The van der Waals surface area contributed by atoms with Crippen molar-refractivity contribution in [3.05, 3.63) is 65.7 Å². The van der Waals surface area contributed by atoms with Crippen LogP contribution in [-0.4, -0.2) is 47.2 Å². The molecule has 0 aromatic heterocycles. The molecule has 2 aromatic carbocycles. The van der Waals surface area contributed by atoms with Gasteiger partial charge < -0.3 is 14.7 Å². The van der Waals surface area contributed by atoms with Crippen molar-refractivity contribution >= 4 is 23.6 Å². The number of thioether (sulfide) groups is 1. The number of rotatable bonds is 5. The summed E-state index contributed by atoms with van der Waals surface area (Å²) in [4.78, 5) is 26.6. The van der Waals surface area contributed by atoms with Gasteiger partial charge in [0.1, 0.15) is 0 Å². The Morgan fingerprint density at radius 2 is 1.81 bits per heavy atom. The first-order valence-corrected chi connectivity index (χ1v) is 9.46. The molecule has 5 nitrogen and oxygen atoms in total. The van der Waals surface area contributed by atoms with Crippen molar-refractivity contribution in [1.82, 2.24) is 4.90 Å². The third-order valence-electron chi connectivity index (χ3n) is 4.17. The Morgan fingerprint density at radius 3 is 2.46 bits per heavy atom. The van der Waals surface area contributed by atoms with E-state index in [1.54, 1.807) is 35.7 Å². The number of nitrogens with zero attached hydrogens (tertiary/aromatic N) is 1. The topological polar surface area (TPSA) is 66.8 Å². The molecule has 26 heavy (non-hydrogen) atoms. The molecule has 1 aliphatic rings. The first-order chi connectivity index (χ1) is 12.5. The van der Waals surface area contributed by atoms with Crippen LogP contribution in [-0.2, 0) is 15.3 Å². The van der Waals surface area contributed by atoms with E-state index in [2.05, 4.69) is 12.1 Å². The summed E-state index contributed by atoms with van der Waals surface area (Å²) < 4.78 is 5.36. The molecule has 136 valence electrons. The van der Waals surface area contributed by atoms with Crippen LogP contribution in [0.25, 0.3) is 0 Å². The summed E-state index contributed by atoms with van der Waals surface area (Å²) in [5.41, 5.74) is 1.70. The van der Waals surface area contributed by atoms with E-state index in [1.807, 2.05) is 30.3 Å². The van der Waals surface area contributed by atoms with E-state index in [0.717, 1.165) is 11.3 Å². The van der Waals surface area contributed by atoms with Gasteiger partial charge in [-0.05, 0) is 36.8 Å². The largest absolute Gasteiger partial charge is 0.479 e. The Labute approximate surface area is 157 Å². The highest BCUT2D eigenvalue weighted by atomic mass is 32.2. The lowest BCUT2D eigenvalue weighted by molar-refractivity contribution is -0.160. The van der Waals surface area contributed by atoms with Crippen molar-refractivity contribution in [3.63, 3.8) is 0 Å². The number of benzene rings is 2. The number of carbonyl (C=O) groups is 2. The highest BCUT2D eigenvalue weighted by Gasteiger charge is 2.32. The summed E-state index contributed by atoms with van der Waals surface area (Å²) >= 11 is 1.74. The third kappa shape index (κ3) is 4.65. The van der Waals surface area contributed by atoms with E-state index < -0.39 is 12.1 Å². The van der Waals surface area contributed by atoms with Crippen molar-refractivity contribution < 1.29 is 19.4 Å². The van der Waals surface area contributed by atoms with Crippen molar-refractivity contribution in [2.24, 2.45) is 0 Å². The molecule has 3 rings (SSSR count). The summed E-state index contributed by atoms with van der Waals surface area (Å²) in [5, 5.41) is 9.15. The Kier molecular flexibility index (Phi) is 5.96. The molecule has 1 amide bonds. The molecule has 0 bridgehead atoms. The minimum Gasteiger partial charge on any atom is -0.479 e. The molecule has 1 aliphatic heterocycles. The van der Waals surface area contributed by atoms with Gasteiger partial charge in [0.25, 0.3) is 5.91 Å². The fourth-order valence-electron chi connectivity index (χ4n) is 2.86. The van der Waals surface area contributed by atoms with E-state index in [0.29, 0.717) is 12.1 Å². The maximum atomic E-state index is 12.7. The molecule has 0 radical (unpaired) electrons. The van der Waals surface area contributed by atoms with Gasteiger partial charge in [-0.15, -0.1) is 11.8 Å². The molecule has 1 N–H and O–H groups in total. The van der Waals surface area contributed by atoms with Gasteiger partial charge in [0.05, 0.1) is 12.6 Å². The monoisotopic (exact) mass is 371 g/mol. The fourth-order valence-corrected chi connectivity index (χ4v) is 3.74. The lowest BCUT2D eigenvalue weighted by Gasteiger charge is -2.35. The molecule has 0 spiro atoms. The number of carbonyl (C=O) groups excluding carboxylic acids is 1. The van der Waals surface area contributed by atoms with Crippen LogP contribution in [0.15, 0.2) is 59.5 Å². The summed E-state index contributed by atoms with van der Waals surface area (Å²) in [7, 11) is 0. The highest BCUT2D eigenvalue weighted by Crippen LogP contribution is 2.23. The molecule has 1 saturated heterocycles. The van der Waals surface area contributed by atoms with E-state index >= 15 is 0 Å². The lowest BCUT2D eigenvalue weighted by Crippen LogP contribution is -2.51. The van der Waals surface area contributed by atoms with E-state index in [9.17, 15) is 9.59 Å². The third-order valence-corrected chi connectivity index (χ3v) is 5.26. The summed E-state index contributed by atoms with van der Waals surface area (Å²) in [6.45, 7) is 2.25. The number of carboxylic acid groups (broad SMARTS) is 1. The van der Waals surface area contributed by atoms with E-state index in [-0.39, 0.29) is 18.6 Å². The second kappa shape index (κ2) is 8.38. The van der Waals surface area contributed by atoms with Crippen LogP contribution in [0, 0.1) is 0 Å². The molecule has 1 heterocycles. The second-order valence-corrected chi connectivity index (χ2v) is 7.33. The van der Waals surface area contributed by atoms with E-state index in [4.69, 9.17) is 9.84 Å². The Balaban J connectivity index is 1.62. The van der Waals surface area contributed by atoms with Crippen molar-refractivity contribution in [2.75, 3.05) is 13.1 Å². The molecule has 1 fully saturated rings. The molecule has 1 unspecified atom stereocenters. The first-order valence-electron chi connectivity index (χ1n) is 8.47. The number of aliphatic carboxylic acids is 1. The average molecular weight is 371 g/mol. The Bertz CT molecular complexity index is 763. The number of amides is 1. The highest BCUT2D eigenvalue weighted by molar-refractivity contribution is 7.98. The molecule has 6 heteroatoms. The second-order valence-electron chi connectivity index (χ2n) is 6.28. The fraction of sp³-hybridized carbons (Fsp3) is 0.300. The standard InChI is InChI=1S/C20H21NO4S/c1-14-11-21(12-18(25-14)20(23)24)19(22)16-9-7-15(8-10-16)13-26-17-5-3-2-4-6-17/h2-10,14,18H,11-13H2,1H3,(H,23,24)/t14-,18?/m1/s1. The lowest BCUT2D eigenvalue weighted by atomic mass is 10.1. The molecule has 0 aliphatic carbocycles. The van der Waals surface area contributed by atoms with Crippen LogP contribution >= 0.6 is 11.8 Å². The first kappa shape index (κ1) is 18.5. The van der Waals surface area contributed by atoms with Crippen LogP contribution in [0.3, 0.4) is 0 Å². The quantitative estimate of drug-likeness (QED) is 0.817. The zero-order chi connectivity index (χ0) is 18.5. The molecular weight excluding hydrogens is 350 g/mol. The van der Waals surface area contributed by atoms with Crippen LogP contribution in [0.1, 0.15) is 22.8 Å². The van der Waals surface area contributed by atoms with Crippen LogP contribution in [0.2, 0.25) is 0 Å². The maximum absolute atomic E-state index is 12.7. The van der Waals surface area contributed by atoms with Gasteiger partial charge in [-0.1, -0.05) is 30.3 Å². The number of hydrogen-bond donors (Lipinski definition) is 1. The van der Waals surface area contributed by atoms with Crippen molar-refractivity contribution in [1.29, 1.82) is 0 Å². The van der Waals surface area contributed by atoms with Crippen LogP contribution in [0.4, 0.5) is 0 Å². The van der Waals surface area contributed by atoms with Crippen LogP contribution < -0.4 is 0 Å². The summed E-state index contributed by atoms with van der Waals surface area (Å²) in [5.74, 6) is -0.370. The predicted octanol–water partition coefficient (Wildman–Crippen LogP) is 3.29. The van der Waals surface area contributed by atoms with Gasteiger partial charge >= 0.3 is 5.97 Å². The normalized spacial score (nSPS) is 20.0.